The van der Waals surface area contributed by atoms with Gasteiger partial charge in [0.15, 0.2) is 0 Å². The van der Waals surface area contributed by atoms with Crippen molar-refractivity contribution in [2.24, 2.45) is 11.5 Å². The summed E-state index contributed by atoms with van der Waals surface area (Å²) in [4.78, 5) is 33.6. The predicted molar refractivity (Wildman–Crippen MR) is 75.7 cm³/mol. The van der Waals surface area contributed by atoms with Gasteiger partial charge in [0.1, 0.15) is 13.2 Å². The molecule has 1 atom stereocenters. The van der Waals surface area contributed by atoms with Crippen LogP contribution >= 0.6 is 0 Å². The molecule has 0 aliphatic rings. The summed E-state index contributed by atoms with van der Waals surface area (Å²) < 4.78 is 4.99. The number of carbonyl (C=O) groups is 3. The van der Waals surface area contributed by atoms with Crippen molar-refractivity contribution >= 4 is 17.8 Å². The number of ether oxygens (including phenoxy) is 1. The van der Waals surface area contributed by atoms with E-state index in [2.05, 4.69) is 5.32 Å². The molecule has 0 fully saturated rings. The van der Waals surface area contributed by atoms with Gasteiger partial charge in [0.2, 0.25) is 11.8 Å². The molecule has 0 aromatic heterocycles. The van der Waals surface area contributed by atoms with E-state index in [0.717, 1.165) is 5.56 Å². The highest BCUT2D eigenvalue weighted by Crippen LogP contribution is 2.00. The van der Waals surface area contributed by atoms with Crippen LogP contribution in [-0.4, -0.2) is 30.4 Å². The highest BCUT2D eigenvalue weighted by molar-refractivity contribution is 5.86. The van der Waals surface area contributed by atoms with Crippen LogP contribution in [0.5, 0.6) is 0 Å². The van der Waals surface area contributed by atoms with Crippen molar-refractivity contribution in [2.45, 2.75) is 25.5 Å². The molecule has 0 unspecified atom stereocenters. The lowest BCUT2D eigenvalue weighted by molar-refractivity contribution is -0.145. The monoisotopic (exact) mass is 293 g/mol. The number of nitrogens with two attached hydrogens (primary N) is 2. The fourth-order valence-electron chi connectivity index (χ4n) is 1.51. The Morgan fingerprint density at radius 1 is 1.19 bits per heavy atom. The van der Waals surface area contributed by atoms with Crippen LogP contribution in [0.3, 0.4) is 0 Å². The molecule has 1 aromatic carbocycles. The summed E-state index contributed by atoms with van der Waals surface area (Å²) in [6.07, 6.45) is 0.160. The minimum atomic E-state index is -0.876. The molecule has 2 amide bonds. The molecule has 0 radical (unpaired) electrons. The molecule has 21 heavy (non-hydrogen) atoms. The first kappa shape index (κ1) is 16.6. The molecule has 7 nitrogen and oxygen atoms in total. The smallest absolute Gasteiger partial charge is 0.325 e. The zero-order chi connectivity index (χ0) is 15.7. The van der Waals surface area contributed by atoms with Crippen molar-refractivity contribution in [2.75, 3.05) is 6.54 Å². The van der Waals surface area contributed by atoms with Gasteiger partial charge in [-0.3, -0.25) is 14.4 Å². The summed E-state index contributed by atoms with van der Waals surface area (Å²) in [6, 6.07) is 8.31. The first-order chi connectivity index (χ1) is 9.99. The Kier molecular flexibility index (Phi) is 6.90. The average molecular weight is 293 g/mol. The van der Waals surface area contributed by atoms with Crippen LogP contribution in [0.4, 0.5) is 0 Å². The highest BCUT2D eigenvalue weighted by Gasteiger charge is 2.15. The van der Waals surface area contributed by atoms with Gasteiger partial charge in [0, 0.05) is 6.42 Å². The fourth-order valence-corrected chi connectivity index (χ4v) is 1.51. The van der Waals surface area contributed by atoms with Crippen LogP contribution < -0.4 is 16.8 Å². The first-order valence-electron chi connectivity index (χ1n) is 6.50. The molecule has 0 saturated heterocycles. The third kappa shape index (κ3) is 7.07. The largest absolute Gasteiger partial charge is 0.460 e. The summed E-state index contributed by atoms with van der Waals surface area (Å²) in [5, 5.41) is 2.35. The van der Waals surface area contributed by atoms with E-state index in [4.69, 9.17) is 16.2 Å². The molecule has 0 aliphatic heterocycles. The average Bonchev–Trinajstić information content (AvgIpc) is 2.49. The normalized spacial score (nSPS) is 11.5. The molecule has 0 bridgehead atoms. The molecular weight excluding hydrogens is 274 g/mol. The Morgan fingerprint density at radius 2 is 1.86 bits per heavy atom. The fraction of sp³-hybridized carbons (Fsp3) is 0.357. The second-order valence-corrected chi connectivity index (χ2v) is 4.48. The van der Waals surface area contributed by atoms with Crippen LogP contribution in [0.2, 0.25) is 0 Å². The van der Waals surface area contributed by atoms with Crippen molar-refractivity contribution in [3.63, 3.8) is 0 Å². The van der Waals surface area contributed by atoms with Gasteiger partial charge < -0.3 is 21.5 Å². The van der Waals surface area contributed by atoms with E-state index >= 15 is 0 Å². The summed E-state index contributed by atoms with van der Waals surface area (Å²) in [6.45, 7) is -0.126. The lowest BCUT2D eigenvalue weighted by atomic mass is 10.1. The van der Waals surface area contributed by atoms with Gasteiger partial charge in [-0.15, -0.1) is 0 Å². The molecular formula is C14H19N3O4. The third-order valence-electron chi connectivity index (χ3n) is 2.69. The van der Waals surface area contributed by atoms with E-state index in [9.17, 15) is 14.4 Å². The van der Waals surface area contributed by atoms with Gasteiger partial charge in [-0.2, -0.15) is 0 Å². The van der Waals surface area contributed by atoms with Gasteiger partial charge in [-0.1, -0.05) is 30.3 Å². The van der Waals surface area contributed by atoms with Gasteiger partial charge in [0.05, 0.1) is 6.04 Å². The molecule has 0 spiro atoms. The lowest BCUT2D eigenvalue weighted by Crippen LogP contribution is -2.43. The summed E-state index contributed by atoms with van der Waals surface area (Å²) in [5.74, 6) is -1.61. The standard InChI is InChI=1S/C14H19N3O4/c15-11(6-7-12(16)18)14(20)17-8-13(19)21-9-10-4-2-1-3-5-10/h1-5,11H,6-9,15H2,(H2,16,18)(H,17,20)/t11-/m0/s1. The van der Waals surface area contributed by atoms with Crippen molar-refractivity contribution in [3.05, 3.63) is 35.9 Å². The molecule has 0 aliphatic carbocycles. The zero-order valence-corrected chi connectivity index (χ0v) is 11.6. The predicted octanol–water partition coefficient (Wildman–Crippen LogP) is -0.561. The maximum absolute atomic E-state index is 11.5. The lowest BCUT2D eigenvalue weighted by Gasteiger charge is -2.11. The van der Waals surface area contributed by atoms with Crippen molar-refractivity contribution in [1.29, 1.82) is 0 Å². The molecule has 1 rings (SSSR count). The van der Waals surface area contributed by atoms with Crippen LogP contribution in [0, 0.1) is 0 Å². The molecule has 0 saturated carbocycles. The van der Waals surface area contributed by atoms with Crippen molar-refractivity contribution in [1.82, 2.24) is 5.32 Å². The second kappa shape index (κ2) is 8.70. The topological polar surface area (TPSA) is 125 Å². The van der Waals surface area contributed by atoms with Crippen LogP contribution in [0.1, 0.15) is 18.4 Å². The van der Waals surface area contributed by atoms with Crippen LogP contribution in [0.15, 0.2) is 30.3 Å². The number of carbonyl (C=O) groups excluding carboxylic acids is 3. The minimum Gasteiger partial charge on any atom is -0.460 e. The molecule has 0 heterocycles. The molecule has 7 heteroatoms. The Bertz CT molecular complexity index is 490. The van der Waals surface area contributed by atoms with Gasteiger partial charge in [-0.25, -0.2) is 0 Å². The number of rotatable bonds is 8. The Labute approximate surface area is 122 Å². The quantitative estimate of drug-likeness (QED) is 0.554. The van der Waals surface area contributed by atoms with E-state index in [1.807, 2.05) is 30.3 Å². The summed E-state index contributed by atoms with van der Waals surface area (Å²) in [5.41, 5.74) is 11.4. The van der Waals surface area contributed by atoms with E-state index in [1.165, 1.54) is 0 Å². The Balaban J connectivity index is 2.23. The SMILES string of the molecule is NC(=O)CC[C@H](N)C(=O)NCC(=O)OCc1ccccc1. The van der Waals surface area contributed by atoms with E-state index in [-0.39, 0.29) is 26.0 Å². The third-order valence-corrected chi connectivity index (χ3v) is 2.69. The number of nitrogens with one attached hydrogen (secondary N) is 1. The summed E-state index contributed by atoms with van der Waals surface area (Å²) >= 11 is 0. The van der Waals surface area contributed by atoms with E-state index in [0.29, 0.717) is 0 Å². The highest BCUT2D eigenvalue weighted by atomic mass is 16.5. The number of hydrogen-bond acceptors (Lipinski definition) is 5. The first-order valence-corrected chi connectivity index (χ1v) is 6.50. The number of primary amides is 1. The Hall–Kier alpha value is -2.41. The van der Waals surface area contributed by atoms with Gasteiger partial charge in [0.25, 0.3) is 0 Å². The maximum Gasteiger partial charge on any atom is 0.325 e. The molecule has 114 valence electrons. The molecule has 5 N–H and O–H groups in total. The molecule has 1 aromatic rings. The van der Waals surface area contributed by atoms with Crippen LogP contribution in [-0.2, 0) is 25.7 Å². The Morgan fingerprint density at radius 3 is 2.48 bits per heavy atom. The zero-order valence-electron chi connectivity index (χ0n) is 11.6. The van der Waals surface area contributed by atoms with E-state index in [1.54, 1.807) is 0 Å². The van der Waals surface area contributed by atoms with Crippen molar-refractivity contribution < 1.29 is 19.1 Å². The van der Waals surface area contributed by atoms with Gasteiger partial charge >= 0.3 is 5.97 Å². The van der Waals surface area contributed by atoms with Crippen molar-refractivity contribution in [3.8, 4) is 0 Å². The second-order valence-electron chi connectivity index (χ2n) is 4.48. The van der Waals surface area contributed by atoms with Crippen LogP contribution in [0.25, 0.3) is 0 Å². The number of esters is 1. The minimum absolute atomic E-state index is 0.0209. The van der Waals surface area contributed by atoms with E-state index < -0.39 is 23.8 Å². The number of amides is 2. The number of benzene rings is 1. The maximum atomic E-state index is 11.5. The van der Waals surface area contributed by atoms with Gasteiger partial charge in [-0.05, 0) is 12.0 Å². The summed E-state index contributed by atoms with van der Waals surface area (Å²) in [7, 11) is 0. The number of hydrogen-bond donors (Lipinski definition) is 3.